The average molecular weight is 419 g/mol. The van der Waals surface area contributed by atoms with Crippen LogP contribution in [0, 0.1) is 5.92 Å². The molecule has 1 aliphatic carbocycles. The van der Waals surface area contributed by atoms with E-state index in [2.05, 4.69) is 10.6 Å². The lowest BCUT2D eigenvalue weighted by molar-refractivity contribution is -0.113. The standard InChI is InChI=1S/C21H30N4O3S/c1-29-13-19(26)23-17-7-8-18-15-9-14(11-25(18)20(17)27)10-24(12-15)21(28)22-16-5-3-2-4-6-16/h7-8,14-16H,2-6,9-13H2,1H3,(H,22,28)(H,23,26)/t14-,15+/m0/s1. The van der Waals surface area contributed by atoms with Gasteiger partial charge in [0.05, 0.1) is 5.75 Å². The van der Waals surface area contributed by atoms with Crippen LogP contribution in [0.25, 0.3) is 0 Å². The predicted molar refractivity (Wildman–Crippen MR) is 116 cm³/mol. The number of aromatic nitrogens is 1. The number of amides is 3. The van der Waals surface area contributed by atoms with Gasteiger partial charge in [-0.25, -0.2) is 4.79 Å². The van der Waals surface area contributed by atoms with Crippen LogP contribution in [-0.4, -0.2) is 52.5 Å². The Morgan fingerprint density at radius 3 is 2.69 bits per heavy atom. The molecule has 3 amide bonds. The second kappa shape index (κ2) is 8.81. The molecule has 2 bridgehead atoms. The molecule has 0 radical (unpaired) electrons. The number of rotatable bonds is 4. The van der Waals surface area contributed by atoms with Crippen molar-refractivity contribution >= 4 is 29.4 Å². The number of urea groups is 1. The summed E-state index contributed by atoms with van der Waals surface area (Å²) in [4.78, 5) is 39.5. The highest BCUT2D eigenvalue weighted by Gasteiger charge is 2.37. The van der Waals surface area contributed by atoms with Crippen LogP contribution in [0.15, 0.2) is 16.9 Å². The molecule has 1 saturated carbocycles. The molecule has 29 heavy (non-hydrogen) atoms. The number of carbonyl (C=O) groups is 2. The Morgan fingerprint density at radius 2 is 1.93 bits per heavy atom. The summed E-state index contributed by atoms with van der Waals surface area (Å²) in [5, 5.41) is 5.96. The maximum absolute atomic E-state index is 12.9. The van der Waals surface area contributed by atoms with Crippen LogP contribution in [0.2, 0.25) is 0 Å². The van der Waals surface area contributed by atoms with Crippen molar-refractivity contribution in [1.29, 1.82) is 0 Å². The van der Waals surface area contributed by atoms with Crippen molar-refractivity contribution in [2.75, 3.05) is 30.4 Å². The first-order chi connectivity index (χ1) is 14.0. The number of piperidine rings is 1. The zero-order valence-corrected chi connectivity index (χ0v) is 17.8. The van der Waals surface area contributed by atoms with Gasteiger partial charge in [-0.05, 0) is 43.6 Å². The van der Waals surface area contributed by atoms with Crippen LogP contribution in [0.3, 0.4) is 0 Å². The number of hydrogen-bond donors (Lipinski definition) is 2. The number of pyridine rings is 1. The van der Waals surface area contributed by atoms with E-state index >= 15 is 0 Å². The van der Waals surface area contributed by atoms with E-state index in [1.165, 1.54) is 31.0 Å². The quantitative estimate of drug-likeness (QED) is 0.787. The molecule has 0 unspecified atom stereocenters. The lowest BCUT2D eigenvalue weighted by Crippen LogP contribution is -2.53. The van der Waals surface area contributed by atoms with Crippen molar-refractivity contribution in [2.24, 2.45) is 5.92 Å². The number of likely N-dealkylation sites (tertiary alicyclic amines) is 1. The molecule has 1 saturated heterocycles. The highest BCUT2D eigenvalue weighted by molar-refractivity contribution is 7.99. The Kier molecular flexibility index (Phi) is 6.18. The fourth-order valence-corrected chi connectivity index (χ4v) is 5.37. The molecular formula is C21H30N4O3S. The van der Waals surface area contributed by atoms with Gasteiger partial charge in [0.25, 0.3) is 5.56 Å². The van der Waals surface area contributed by atoms with Gasteiger partial charge in [-0.1, -0.05) is 19.3 Å². The number of hydrogen-bond acceptors (Lipinski definition) is 4. The maximum Gasteiger partial charge on any atom is 0.317 e. The van der Waals surface area contributed by atoms with Gasteiger partial charge in [0, 0.05) is 37.3 Å². The number of anilines is 1. The molecule has 2 aliphatic heterocycles. The zero-order chi connectivity index (χ0) is 20.4. The molecule has 158 valence electrons. The van der Waals surface area contributed by atoms with Gasteiger partial charge >= 0.3 is 6.03 Å². The number of nitrogens with zero attached hydrogens (tertiary/aromatic N) is 2. The maximum atomic E-state index is 12.9. The molecule has 8 heteroatoms. The highest BCUT2D eigenvalue weighted by atomic mass is 32.2. The number of fused-ring (bicyclic) bond motifs is 4. The second-order valence-electron chi connectivity index (χ2n) is 8.56. The van der Waals surface area contributed by atoms with Crippen LogP contribution in [0.1, 0.15) is 50.1 Å². The fourth-order valence-electron chi connectivity index (χ4n) is 5.04. The summed E-state index contributed by atoms with van der Waals surface area (Å²) in [6, 6.07) is 4.01. The van der Waals surface area contributed by atoms with E-state index in [0.717, 1.165) is 25.0 Å². The van der Waals surface area contributed by atoms with Gasteiger partial charge in [-0.3, -0.25) is 9.59 Å². The molecule has 7 nitrogen and oxygen atoms in total. The first-order valence-electron chi connectivity index (χ1n) is 10.6. The third-order valence-electron chi connectivity index (χ3n) is 6.37. The summed E-state index contributed by atoms with van der Waals surface area (Å²) >= 11 is 1.43. The van der Waals surface area contributed by atoms with Gasteiger partial charge in [-0.15, -0.1) is 0 Å². The minimum absolute atomic E-state index is 0.0448. The van der Waals surface area contributed by atoms with Crippen molar-refractivity contribution in [3.63, 3.8) is 0 Å². The Morgan fingerprint density at radius 1 is 1.14 bits per heavy atom. The third-order valence-corrected chi connectivity index (χ3v) is 6.92. The first-order valence-corrected chi connectivity index (χ1v) is 12.0. The minimum atomic E-state index is -0.156. The molecule has 1 aromatic heterocycles. The van der Waals surface area contributed by atoms with Crippen LogP contribution in [-0.2, 0) is 11.3 Å². The summed E-state index contributed by atoms with van der Waals surface area (Å²) in [5.74, 6) is 0.616. The fraction of sp³-hybridized carbons (Fsp3) is 0.667. The van der Waals surface area contributed by atoms with Gasteiger partial charge in [0.15, 0.2) is 0 Å². The summed E-state index contributed by atoms with van der Waals surface area (Å²) in [5.41, 5.74) is 1.19. The van der Waals surface area contributed by atoms with Gasteiger partial charge in [0.2, 0.25) is 5.91 Å². The molecule has 0 spiro atoms. The minimum Gasteiger partial charge on any atom is -0.335 e. The molecule has 2 atom stereocenters. The van der Waals surface area contributed by atoms with Crippen LogP contribution in [0.5, 0.6) is 0 Å². The van der Waals surface area contributed by atoms with Crippen molar-refractivity contribution < 1.29 is 9.59 Å². The number of nitrogens with one attached hydrogen (secondary N) is 2. The van der Waals surface area contributed by atoms with E-state index < -0.39 is 0 Å². The Bertz CT molecular complexity index is 834. The Balaban J connectivity index is 1.47. The molecule has 0 aromatic carbocycles. The summed E-state index contributed by atoms with van der Waals surface area (Å²) < 4.78 is 1.81. The average Bonchev–Trinajstić information content (AvgIpc) is 2.71. The Hall–Kier alpha value is -1.96. The molecular weight excluding hydrogens is 388 g/mol. The third kappa shape index (κ3) is 4.47. The first kappa shape index (κ1) is 20.3. The van der Waals surface area contributed by atoms with E-state index in [9.17, 15) is 14.4 Å². The van der Waals surface area contributed by atoms with Crippen LogP contribution < -0.4 is 16.2 Å². The van der Waals surface area contributed by atoms with Crippen molar-refractivity contribution in [3.8, 4) is 0 Å². The van der Waals surface area contributed by atoms with Gasteiger partial charge in [-0.2, -0.15) is 11.8 Å². The molecule has 3 aliphatic rings. The molecule has 3 heterocycles. The normalized spacial score (nSPS) is 24.0. The van der Waals surface area contributed by atoms with E-state index in [1.807, 2.05) is 21.8 Å². The summed E-state index contributed by atoms with van der Waals surface area (Å²) in [7, 11) is 0. The van der Waals surface area contributed by atoms with Crippen molar-refractivity contribution in [3.05, 3.63) is 28.2 Å². The van der Waals surface area contributed by atoms with Crippen LogP contribution in [0.4, 0.5) is 10.5 Å². The number of thioether (sulfide) groups is 1. The van der Waals surface area contributed by atoms with E-state index in [1.54, 1.807) is 6.07 Å². The largest absolute Gasteiger partial charge is 0.335 e. The lowest BCUT2D eigenvalue weighted by atomic mass is 9.83. The predicted octanol–water partition coefficient (Wildman–Crippen LogP) is 2.61. The zero-order valence-electron chi connectivity index (χ0n) is 17.0. The Labute approximate surface area is 175 Å². The molecule has 2 N–H and O–H groups in total. The van der Waals surface area contributed by atoms with Crippen molar-refractivity contribution in [2.45, 2.75) is 57.0 Å². The van der Waals surface area contributed by atoms with Gasteiger partial charge < -0.3 is 20.1 Å². The highest BCUT2D eigenvalue weighted by Crippen LogP contribution is 2.35. The van der Waals surface area contributed by atoms with Crippen molar-refractivity contribution in [1.82, 2.24) is 14.8 Å². The smallest absolute Gasteiger partial charge is 0.317 e. The SMILES string of the molecule is CSCC(=O)Nc1ccc2n(c1=O)C[C@H]1C[C@@H]2CN(C(=O)NC2CCCCC2)C1. The van der Waals surface area contributed by atoms with Gasteiger partial charge in [0.1, 0.15) is 5.69 Å². The van der Waals surface area contributed by atoms with E-state index in [0.29, 0.717) is 37.1 Å². The molecule has 2 fully saturated rings. The monoisotopic (exact) mass is 418 g/mol. The summed E-state index contributed by atoms with van der Waals surface area (Å²) in [6.45, 7) is 1.93. The number of carbonyl (C=O) groups excluding carboxylic acids is 2. The molecule has 1 aromatic rings. The second-order valence-corrected chi connectivity index (χ2v) is 9.42. The topological polar surface area (TPSA) is 83.4 Å². The molecule has 4 rings (SSSR count). The summed E-state index contributed by atoms with van der Waals surface area (Å²) in [6.07, 6.45) is 8.68. The lowest BCUT2D eigenvalue weighted by Gasteiger charge is -2.43. The van der Waals surface area contributed by atoms with Crippen LogP contribution >= 0.6 is 11.8 Å². The van der Waals surface area contributed by atoms with E-state index in [4.69, 9.17) is 0 Å². The van der Waals surface area contributed by atoms with E-state index in [-0.39, 0.29) is 29.3 Å².